The zero-order chi connectivity index (χ0) is 9.78. The van der Waals surface area contributed by atoms with E-state index in [1.54, 1.807) is 0 Å². The topological polar surface area (TPSA) is 3.24 Å². The maximum Gasteiger partial charge on any atom is 0.0179 e. The van der Waals surface area contributed by atoms with Gasteiger partial charge in [0, 0.05) is 18.8 Å². The van der Waals surface area contributed by atoms with Crippen molar-refractivity contribution >= 4 is 0 Å². The van der Waals surface area contributed by atoms with E-state index in [9.17, 15) is 0 Å². The summed E-state index contributed by atoms with van der Waals surface area (Å²) in [6.07, 6.45) is 1.23. The maximum absolute atomic E-state index is 3.95. The molecule has 0 aromatic carbocycles. The first-order valence-corrected chi connectivity index (χ1v) is 4.77. The molecule has 0 aromatic heterocycles. The third-order valence-corrected chi connectivity index (χ3v) is 2.05. The van der Waals surface area contributed by atoms with Crippen molar-refractivity contribution < 1.29 is 0 Å². The summed E-state index contributed by atoms with van der Waals surface area (Å²) < 4.78 is 0. The molecule has 0 bridgehead atoms. The van der Waals surface area contributed by atoms with Gasteiger partial charge in [0.15, 0.2) is 0 Å². The van der Waals surface area contributed by atoms with Gasteiger partial charge < -0.3 is 4.90 Å². The molecule has 0 aliphatic heterocycles. The second-order valence-corrected chi connectivity index (χ2v) is 4.63. The van der Waals surface area contributed by atoms with Crippen LogP contribution in [0.25, 0.3) is 0 Å². The van der Waals surface area contributed by atoms with Crippen molar-refractivity contribution in [1.82, 2.24) is 4.90 Å². The first kappa shape index (κ1) is 11.5. The van der Waals surface area contributed by atoms with Gasteiger partial charge in [-0.1, -0.05) is 27.4 Å². The lowest BCUT2D eigenvalue weighted by Crippen LogP contribution is -2.25. The third kappa shape index (κ3) is 5.22. The number of rotatable bonds is 4. The number of hydrogen-bond acceptors (Lipinski definition) is 1. The first-order chi connectivity index (χ1) is 5.37. The van der Waals surface area contributed by atoms with E-state index in [1.807, 2.05) is 0 Å². The van der Waals surface area contributed by atoms with Gasteiger partial charge >= 0.3 is 0 Å². The summed E-state index contributed by atoms with van der Waals surface area (Å²) in [6, 6.07) is 0. The maximum atomic E-state index is 3.95. The van der Waals surface area contributed by atoms with E-state index < -0.39 is 0 Å². The highest BCUT2D eigenvalue weighted by Gasteiger charge is 2.11. The summed E-state index contributed by atoms with van der Waals surface area (Å²) in [4.78, 5) is 2.32. The van der Waals surface area contributed by atoms with E-state index in [0.717, 1.165) is 13.1 Å². The van der Waals surface area contributed by atoms with E-state index in [4.69, 9.17) is 0 Å². The van der Waals surface area contributed by atoms with Gasteiger partial charge in [-0.3, -0.25) is 0 Å². The molecule has 1 nitrogen and oxygen atoms in total. The van der Waals surface area contributed by atoms with Crippen LogP contribution in [0.2, 0.25) is 0 Å². The fraction of sp³-hybridized carbons (Fsp3) is 0.818. The van der Waals surface area contributed by atoms with Crippen LogP contribution in [0.5, 0.6) is 0 Å². The van der Waals surface area contributed by atoms with Crippen LogP contribution in [0.3, 0.4) is 0 Å². The van der Waals surface area contributed by atoms with Gasteiger partial charge in [-0.25, -0.2) is 0 Å². The van der Waals surface area contributed by atoms with Crippen LogP contribution in [-0.2, 0) is 0 Å². The molecule has 0 rings (SSSR count). The lowest BCUT2D eigenvalue weighted by molar-refractivity contribution is 0.280. The van der Waals surface area contributed by atoms with Gasteiger partial charge in [0.25, 0.3) is 0 Å². The van der Waals surface area contributed by atoms with Crippen LogP contribution in [0.1, 0.15) is 41.0 Å². The molecule has 1 heteroatoms. The van der Waals surface area contributed by atoms with E-state index in [1.165, 1.54) is 12.1 Å². The second-order valence-electron chi connectivity index (χ2n) is 4.63. The number of nitrogens with zero attached hydrogens (tertiary/aromatic N) is 1. The van der Waals surface area contributed by atoms with Crippen molar-refractivity contribution in [3.05, 3.63) is 12.3 Å². The highest BCUT2D eigenvalue weighted by Crippen LogP contribution is 2.19. The van der Waals surface area contributed by atoms with E-state index in [-0.39, 0.29) is 0 Å². The van der Waals surface area contributed by atoms with Crippen LogP contribution < -0.4 is 0 Å². The molecular formula is C11H23N. The van der Waals surface area contributed by atoms with Gasteiger partial charge in [0.2, 0.25) is 0 Å². The average molecular weight is 169 g/mol. The van der Waals surface area contributed by atoms with Crippen LogP contribution in [0.15, 0.2) is 12.3 Å². The lowest BCUT2D eigenvalue weighted by atomic mass is 9.92. The number of hydrogen-bond donors (Lipinski definition) is 0. The summed E-state index contributed by atoms with van der Waals surface area (Å²) in [7, 11) is 0. The van der Waals surface area contributed by atoms with Gasteiger partial charge in [0.05, 0.1) is 0 Å². The summed E-state index contributed by atoms with van der Waals surface area (Å²) in [5, 5.41) is 0. The summed E-state index contributed by atoms with van der Waals surface area (Å²) in [5.41, 5.74) is 1.62. The third-order valence-electron chi connectivity index (χ3n) is 2.05. The highest BCUT2D eigenvalue weighted by atomic mass is 15.1. The summed E-state index contributed by atoms with van der Waals surface area (Å²) >= 11 is 0. The molecule has 0 radical (unpaired) electrons. The monoisotopic (exact) mass is 169 g/mol. The van der Waals surface area contributed by atoms with E-state index >= 15 is 0 Å². The molecular weight excluding hydrogens is 146 g/mol. The van der Waals surface area contributed by atoms with Gasteiger partial charge in [0.1, 0.15) is 0 Å². The Morgan fingerprint density at radius 3 is 2.08 bits per heavy atom. The first-order valence-electron chi connectivity index (χ1n) is 4.77. The molecule has 0 spiro atoms. The Balaban J connectivity index is 3.81. The van der Waals surface area contributed by atoms with E-state index in [2.05, 4.69) is 46.1 Å². The van der Waals surface area contributed by atoms with Crippen LogP contribution >= 0.6 is 0 Å². The molecule has 0 atom stereocenters. The van der Waals surface area contributed by atoms with Gasteiger partial charge in [-0.05, 0) is 25.7 Å². The quantitative estimate of drug-likeness (QED) is 0.624. The van der Waals surface area contributed by atoms with Crippen LogP contribution in [0.4, 0.5) is 0 Å². The minimum absolute atomic E-state index is 0.433. The smallest absolute Gasteiger partial charge is 0.0179 e. The van der Waals surface area contributed by atoms with Crippen molar-refractivity contribution in [2.45, 2.75) is 41.0 Å². The van der Waals surface area contributed by atoms with Crippen molar-refractivity contribution in [2.75, 3.05) is 13.1 Å². The predicted octanol–water partition coefficient (Wildman–Crippen LogP) is 3.28. The molecule has 0 fully saturated rings. The van der Waals surface area contributed by atoms with Crippen molar-refractivity contribution in [3.63, 3.8) is 0 Å². The Morgan fingerprint density at radius 1 is 1.33 bits per heavy atom. The SMILES string of the molecule is C=C(C)N(CC)CCC(C)(C)C. The molecule has 0 aliphatic rings. The zero-order valence-corrected chi connectivity index (χ0v) is 9.28. The van der Waals surface area contributed by atoms with E-state index in [0.29, 0.717) is 5.41 Å². The molecule has 0 aromatic rings. The zero-order valence-electron chi connectivity index (χ0n) is 9.28. The minimum Gasteiger partial charge on any atom is -0.376 e. The molecule has 12 heavy (non-hydrogen) atoms. The summed E-state index contributed by atoms with van der Waals surface area (Å²) in [6.45, 7) is 17.2. The number of allylic oxidation sites excluding steroid dienone is 1. The van der Waals surface area contributed by atoms with Gasteiger partial charge in [-0.2, -0.15) is 0 Å². The fourth-order valence-corrected chi connectivity index (χ4v) is 1.09. The lowest BCUT2D eigenvalue weighted by Gasteiger charge is -2.27. The standard InChI is InChI=1S/C11H23N/c1-7-12(10(2)3)9-8-11(4,5)6/h2,7-9H2,1,3-6H3. The van der Waals surface area contributed by atoms with Crippen LogP contribution in [0, 0.1) is 5.41 Å². The van der Waals surface area contributed by atoms with Gasteiger partial charge in [-0.15, -0.1) is 0 Å². The Hall–Kier alpha value is -0.460. The Labute approximate surface area is 77.5 Å². The largest absolute Gasteiger partial charge is 0.376 e. The van der Waals surface area contributed by atoms with Crippen LogP contribution in [-0.4, -0.2) is 18.0 Å². The predicted molar refractivity (Wildman–Crippen MR) is 56.1 cm³/mol. The molecule has 0 aliphatic carbocycles. The molecule has 72 valence electrons. The normalized spacial score (nSPS) is 11.4. The summed E-state index contributed by atoms with van der Waals surface area (Å²) in [5.74, 6) is 0. The molecule has 0 saturated heterocycles. The average Bonchev–Trinajstić information content (AvgIpc) is 1.85. The van der Waals surface area contributed by atoms with Crippen molar-refractivity contribution in [3.8, 4) is 0 Å². The fourth-order valence-electron chi connectivity index (χ4n) is 1.09. The highest BCUT2D eigenvalue weighted by molar-refractivity contribution is 4.88. The van der Waals surface area contributed by atoms with Crippen molar-refractivity contribution in [1.29, 1.82) is 0 Å². The Kier molecular flexibility index (Phi) is 4.36. The Bertz CT molecular complexity index is 142. The molecule has 0 unspecified atom stereocenters. The second kappa shape index (κ2) is 4.54. The molecule has 0 saturated carbocycles. The molecule has 0 heterocycles. The Morgan fingerprint density at radius 2 is 1.83 bits per heavy atom. The molecule has 0 amide bonds. The van der Waals surface area contributed by atoms with Crippen molar-refractivity contribution in [2.24, 2.45) is 5.41 Å². The molecule has 0 N–H and O–H groups in total. The minimum atomic E-state index is 0.433.